The minimum atomic E-state index is -0.583. The third-order valence-electron chi connectivity index (χ3n) is 4.01. The van der Waals surface area contributed by atoms with E-state index in [1.807, 2.05) is 51.1 Å². The highest BCUT2D eigenvalue weighted by atomic mass is 16.6. The maximum absolute atomic E-state index is 12.1. The van der Waals surface area contributed by atoms with Crippen LogP contribution in [0, 0.1) is 6.92 Å². The number of esters is 1. The van der Waals surface area contributed by atoms with Gasteiger partial charge < -0.3 is 14.8 Å². The molecule has 138 valence electrons. The molecule has 0 radical (unpaired) electrons. The van der Waals surface area contributed by atoms with Gasteiger partial charge >= 0.3 is 5.97 Å². The van der Waals surface area contributed by atoms with Crippen molar-refractivity contribution in [1.29, 1.82) is 0 Å². The molecule has 0 bridgehead atoms. The van der Waals surface area contributed by atoms with Crippen LogP contribution < -0.4 is 10.1 Å². The number of hydrogen-bond acceptors (Lipinski definition) is 4. The standard InChI is InChI=1S/C21H25NO4/c1-4-16-7-6-8-17(5-2)21(16)22-19(23)13-26-20(24)14-25-18-11-9-15(3)10-12-18/h6-12H,4-5,13-14H2,1-3H3,(H,22,23). The maximum atomic E-state index is 12.1. The van der Waals surface area contributed by atoms with E-state index in [2.05, 4.69) is 5.32 Å². The molecule has 5 nitrogen and oxygen atoms in total. The van der Waals surface area contributed by atoms with Crippen molar-refractivity contribution in [1.82, 2.24) is 0 Å². The molecule has 0 heterocycles. The third-order valence-corrected chi connectivity index (χ3v) is 4.01. The first-order valence-corrected chi connectivity index (χ1v) is 8.79. The predicted octanol–water partition coefficient (Wildman–Crippen LogP) is 3.68. The maximum Gasteiger partial charge on any atom is 0.344 e. The summed E-state index contributed by atoms with van der Waals surface area (Å²) >= 11 is 0. The van der Waals surface area contributed by atoms with Crippen LogP contribution in [-0.4, -0.2) is 25.1 Å². The second kappa shape index (κ2) is 9.61. The number of amides is 1. The van der Waals surface area contributed by atoms with E-state index in [9.17, 15) is 9.59 Å². The van der Waals surface area contributed by atoms with Gasteiger partial charge in [-0.3, -0.25) is 4.79 Å². The van der Waals surface area contributed by atoms with Gasteiger partial charge in [0.15, 0.2) is 13.2 Å². The monoisotopic (exact) mass is 355 g/mol. The Morgan fingerprint density at radius 1 is 0.923 bits per heavy atom. The fourth-order valence-corrected chi connectivity index (χ4v) is 2.54. The summed E-state index contributed by atoms with van der Waals surface area (Å²) in [5, 5.41) is 2.86. The van der Waals surface area contributed by atoms with Crippen molar-refractivity contribution in [2.24, 2.45) is 0 Å². The molecule has 0 saturated heterocycles. The van der Waals surface area contributed by atoms with Gasteiger partial charge in [0, 0.05) is 5.69 Å². The van der Waals surface area contributed by atoms with Crippen LogP contribution >= 0.6 is 0 Å². The van der Waals surface area contributed by atoms with Gasteiger partial charge in [0.2, 0.25) is 0 Å². The van der Waals surface area contributed by atoms with Crippen LogP contribution in [0.5, 0.6) is 5.75 Å². The second-order valence-electron chi connectivity index (χ2n) is 5.97. The van der Waals surface area contributed by atoms with Crippen molar-refractivity contribution in [3.63, 3.8) is 0 Å². The van der Waals surface area contributed by atoms with E-state index >= 15 is 0 Å². The van der Waals surface area contributed by atoms with Crippen LogP contribution in [0.25, 0.3) is 0 Å². The first kappa shape index (κ1) is 19.5. The van der Waals surface area contributed by atoms with Gasteiger partial charge in [-0.25, -0.2) is 4.79 Å². The molecule has 26 heavy (non-hydrogen) atoms. The fraction of sp³-hybridized carbons (Fsp3) is 0.333. The lowest BCUT2D eigenvalue weighted by Crippen LogP contribution is -2.24. The summed E-state index contributed by atoms with van der Waals surface area (Å²) in [4.78, 5) is 23.9. The van der Waals surface area contributed by atoms with Crippen LogP contribution in [0.4, 0.5) is 5.69 Å². The molecule has 0 saturated carbocycles. The van der Waals surface area contributed by atoms with E-state index in [1.165, 1.54) is 0 Å². The Hall–Kier alpha value is -2.82. The van der Waals surface area contributed by atoms with Gasteiger partial charge in [0.25, 0.3) is 5.91 Å². The van der Waals surface area contributed by atoms with Crippen LogP contribution in [0.2, 0.25) is 0 Å². The average molecular weight is 355 g/mol. The Morgan fingerprint density at radius 3 is 2.12 bits per heavy atom. The summed E-state index contributed by atoms with van der Waals surface area (Å²) in [6.45, 7) is 5.47. The lowest BCUT2D eigenvalue weighted by molar-refractivity contribution is -0.149. The average Bonchev–Trinajstić information content (AvgIpc) is 2.66. The van der Waals surface area contributed by atoms with Crippen molar-refractivity contribution in [3.8, 4) is 5.75 Å². The number of benzene rings is 2. The normalized spacial score (nSPS) is 10.3. The summed E-state index contributed by atoms with van der Waals surface area (Å²) in [6.07, 6.45) is 1.63. The lowest BCUT2D eigenvalue weighted by atomic mass is 10.0. The summed E-state index contributed by atoms with van der Waals surface area (Å²) in [5.41, 5.74) is 4.04. The van der Waals surface area contributed by atoms with Gasteiger partial charge in [-0.05, 0) is 43.0 Å². The van der Waals surface area contributed by atoms with E-state index < -0.39 is 5.97 Å². The molecular formula is C21H25NO4. The zero-order chi connectivity index (χ0) is 18.9. The number of ether oxygens (including phenoxy) is 2. The van der Waals surface area contributed by atoms with Crippen LogP contribution in [-0.2, 0) is 27.2 Å². The van der Waals surface area contributed by atoms with Crippen molar-refractivity contribution in [3.05, 3.63) is 59.2 Å². The zero-order valence-corrected chi connectivity index (χ0v) is 15.5. The molecule has 0 aromatic heterocycles. The Morgan fingerprint density at radius 2 is 1.54 bits per heavy atom. The summed E-state index contributed by atoms with van der Waals surface area (Å²) in [5.74, 6) is -0.356. The van der Waals surface area contributed by atoms with Crippen molar-refractivity contribution in [2.75, 3.05) is 18.5 Å². The highest BCUT2D eigenvalue weighted by Gasteiger charge is 2.12. The Balaban J connectivity index is 1.83. The minimum absolute atomic E-state index is 0.234. The molecule has 2 rings (SSSR count). The molecule has 2 aromatic carbocycles. The van der Waals surface area contributed by atoms with Crippen LogP contribution in [0.15, 0.2) is 42.5 Å². The van der Waals surface area contributed by atoms with Gasteiger partial charge in [-0.2, -0.15) is 0 Å². The third kappa shape index (κ3) is 5.62. The predicted molar refractivity (Wildman–Crippen MR) is 101 cm³/mol. The minimum Gasteiger partial charge on any atom is -0.482 e. The van der Waals surface area contributed by atoms with Crippen molar-refractivity contribution >= 4 is 17.6 Å². The first-order chi connectivity index (χ1) is 12.5. The van der Waals surface area contributed by atoms with Gasteiger partial charge in [0.05, 0.1) is 0 Å². The molecule has 1 amide bonds. The largest absolute Gasteiger partial charge is 0.482 e. The Bertz CT molecular complexity index is 731. The molecule has 1 N–H and O–H groups in total. The molecule has 0 atom stereocenters. The van der Waals surface area contributed by atoms with E-state index in [-0.39, 0.29) is 19.1 Å². The van der Waals surface area contributed by atoms with E-state index in [0.29, 0.717) is 5.75 Å². The number of carbonyl (C=O) groups is 2. The molecular weight excluding hydrogens is 330 g/mol. The molecule has 0 aliphatic heterocycles. The molecule has 0 fully saturated rings. The van der Waals surface area contributed by atoms with Crippen molar-refractivity contribution in [2.45, 2.75) is 33.6 Å². The molecule has 2 aromatic rings. The molecule has 0 unspecified atom stereocenters. The van der Waals surface area contributed by atoms with E-state index in [0.717, 1.165) is 35.2 Å². The molecule has 0 aliphatic rings. The van der Waals surface area contributed by atoms with E-state index in [4.69, 9.17) is 9.47 Å². The summed E-state index contributed by atoms with van der Waals surface area (Å²) in [6, 6.07) is 13.3. The number of rotatable bonds is 8. The summed E-state index contributed by atoms with van der Waals surface area (Å²) < 4.78 is 10.3. The number of carbonyl (C=O) groups excluding carboxylic acids is 2. The highest BCUT2D eigenvalue weighted by molar-refractivity contribution is 5.94. The van der Waals surface area contributed by atoms with Crippen LogP contribution in [0.1, 0.15) is 30.5 Å². The molecule has 0 spiro atoms. The number of anilines is 1. The highest BCUT2D eigenvalue weighted by Crippen LogP contribution is 2.22. The first-order valence-electron chi connectivity index (χ1n) is 8.79. The van der Waals surface area contributed by atoms with Crippen LogP contribution in [0.3, 0.4) is 0 Å². The van der Waals surface area contributed by atoms with Gasteiger partial charge in [-0.1, -0.05) is 49.7 Å². The van der Waals surface area contributed by atoms with E-state index in [1.54, 1.807) is 12.1 Å². The SMILES string of the molecule is CCc1cccc(CC)c1NC(=O)COC(=O)COc1ccc(C)cc1. The fourth-order valence-electron chi connectivity index (χ4n) is 2.54. The number of para-hydroxylation sites is 1. The van der Waals surface area contributed by atoms with Crippen molar-refractivity contribution < 1.29 is 19.1 Å². The number of hydrogen-bond donors (Lipinski definition) is 1. The number of nitrogens with one attached hydrogen (secondary N) is 1. The Kier molecular flexibility index (Phi) is 7.21. The number of aryl methyl sites for hydroxylation is 3. The molecule has 0 aliphatic carbocycles. The second-order valence-corrected chi connectivity index (χ2v) is 5.97. The molecule has 5 heteroatoms. The Labute approximate surface area is 154 Å². The van der Waals surface area contributed by atoms with Gasteiger partial charge in [0.1, 0.15) is 5.75 Å². The zero-order valence-electron chi connectivity index (χ0n) is 15.5. The quantitative estimate of drug-likeness (QED) is 0.734. The summed E-state index contributed by atoms with van der Waals surface area (Å²) in [7, 11) is 0. The smallest absolute Gasteiger partial charge is 0.344 e. The van der Waals surface area contributed by atoms with Gasteiger partial charge in [-0.15, -0.1) is 0 Å². The lowest BCUT2D eigenvalue weighted by Gasteiger charge is -2.14. The topological polar surface area (TPSA) is 64.6 Å².